The van der Waals surface area contributed by atoms with Crippen molar-refractivity contribution in [3.05, 3.63) is 11.6 Å². The number of aliphatic carboxylic acids is 1. The minimum absolute atomic E-state index is 0.0226. The highest BCUT2D eigenvalue weighted by Gasteiger charge is 2.72. The number of fused-ring (bicyclic) bond motifs is 7. The molecule has 2 unspecified atom stereocenters. The summed E-state index contributed by atoms with van der Waals surface area (Å²) in [6, 6.07) is 0. The van der Waals surface area contributed by atoms with Gasteiger partial charge >= 0.3 is 5.97 Å². The molecule has 0 aliphatic heterocycles. The predicted molar refractivity (Wildman–Crippen MR) is 138 cm³/mol. The molecular weight excluding hydrogens is 436 g/mol. The van der Waals surface area contributed by atoms with E-state index in [0.29, 0.717) is 18.8 Å². The second-order valence-corrected chi connectivity index (χ2v) is 15.6. The number of ketones is 1. The fourth-order valence-electron chi connectivity index (χ4n) is 11.0. The van der Waals surface area contributed by atoms with Crippen LogP contribution in [-0.2, 0) is 9.59 Å². The molecule has 35 heavy (non-hydrogen) atoms. The third-order valence-corrected chi connectivity index (χ3v) is 13.8. The Morgan fingerprint density at radius 2 is 1.49 bits per heavy atom. The fourth-order valence-corrected chi connectivity index (χ4v) is 11.0. The van der Waals surface area contributed by atoms with E-state index in [4.69, 9.17) is 0 Å². The number of aliphatic hydroxyl groups excluding tert-OH is 1. The zero-order valence-electron chi connectivity index (χ0n) is 23.4. The topological polar surface area (TPSA) is 74.6 Å². The molecule has 196 valence electrons. The summed E-state index contributed by atoms with van der Waals surface area (Å²) in [5, 5.41) is 21.1. The van der Waals surface area contributed by atoms with Crippen molar-refractivity contribution in [3.8, 4) is 0 Å². The van der Waals surface area contributed by atoms with Crippen molar-refractivity contribution in [1.82, 2.24) is 0 Å². The van der Waals surface area contributed by atoms with Crippen LogP contribution in [0.5, 0.6) is 0 Å². The highest BCUT2D eigenvalue weighted by molar-refractivity contribution is 5.96. The van der Waals surface area contributed by atoms with Gasteiger partial charge in [-0.15, -0.1) is 0 Å². The molecule has 4 nitrogen and oxygen atoms in total. The van der Waals surface area contributed by atoms with Gasteiger partial charge in [0.1, 0.15) is 0 Å². The molecule has 2 N–H and O–H groups in total. The number of carboxylic acid groups (broad SMARTS) is 1. The van der Waals surface area contributed by atoms with Crippen molar-refractivity contribution in [2.24, 2.45) is 49.7 Å². The van der Waals surface area contributed by atoms with Crippen LogP contribution in [0.3, 0.4) is 0 Å². The van der Waals surface area contributed by atoms with Crippen LogP contribution < -0.4 is 0 Å². The first-order valence-corrected chi connectivity index (χ1v) is 14.1. The number of hydrogen-bond acceptors (Lipinski definition) is 3. The Bertz CT molecular complexity index is 1010. The molecule has 0 aromatic rings. The van der Waals surface area contributed by atoms with E-state index < -0.39 is 11.4 Å². The zero-order valence-corrected chi connectivity index (χ0v) is 23.4. The van der Waals surface area contributed by atoms with Gasteiger partial charge in [0.05, 0.1) is 11.5 Å². The monoisotopic (exact) mass is 484 g/mol. The van der Waals surface area contributed by atoms with Gasteiger partial charge < -0.3 is 10.2 Å². The maximum absolute atomic E-state index is 14.3. The Morgan fingerprint density at radius 3 is 2.11 bits per heavy atom. The average molecular weight is 485 g/mol. The first-order valence-electron chi connectivity index (χ1n) is 14.1. The maximum atomic E-state index is 14.3. The van der Waals surface area contributed by atoms with E-state index in [1.807, 2.05) is 13.0 Å². The van der Waals surface area contributed by atoms with Crippen molar-refractivity contribution in [3.63, 3.8) is 0 Å². The van der Waals surface area contributed by atoms with Crippen LogP contribution in [0.2, 0.25) is 0 Å². The van der Waals surface area contributed by atoms with Gasteiger partial charge in [-0.25, -0.2) is 0 Å². The molecule has 0 amide bonds. The summed E-state index contributed by atoms with van der Waals surface area (Å²) in [4.78, 5) is 26.7. The number of carboxylic acids is 1. The normalized spacial score (nSPS) is 55.1. The highest BCUT2D eigenvalue weighted by atomic mass is 16.4. The van der Waals surface area contributed by atoms with Crippen molar-refractivity contribution in [2.45, 2.75) is 119 Å². The van der Waals surface area contributed by atoms with Crippen molar-refractivity contribution in [1.29, 1.82) is 0 Å². The smallest absolute Gasteiger partial charge is 0.309 e. The van der Waals surface area contributed by atoms with E-state index in [1.165, 1.54) is 5.57 Å². The molecule has 4 heteroatoms. The van der Waals surface area contributed by atoms with E-state index in [0.717, 1.165) is 44.9 Å². The summed E-state index contributed by atoms with van der Waals surface area (Å²) in [7, 11) is 0. The predicted octanol–water partition coefficient (Wildman–Crippen LogP) is 6.80. The molecule has 5 aliphatic carbocycles. The lowest BCUT2D eigenvalue weighted by molar-refractivity contribution is -0.207. The van der Waals surface area contributed by atoms with Crippen LogP contribution in [-0.4, -0.2) is 28.1 Å². The summed E-state index contributed by atoms with van der Waals surface area (Å²) >= 11 is 0. The summed E-state index contributed by atoms with van der Waals surface area (Å²) in [6.07, 6.45) is 9.82. The molecule has 4 fully saturated rings. The van der Waals surface area contributed by atoms with Crippen LogP contribution in [0.15, 0.2) is 11.6 Å². The van der Waals surface area contributed by atoms with E-state index in [-0.39, 0.29) is 50.3 Å². The van der Waals surface area contributed by atoms with Crippen LogP contribution in [0, 0.1) is 49.7 Å². The van der Waals surface area contributed by atoms with E-state index in [9.17, 15) is 19.8 Å². The Kier molecular flexibility index (Phi) is 5.12. The number of carbonyl (C=O) groups is 2. The van der Waals surface area contributed by atoms with Gasteiger partial charge in [0, 0.05) is 5.92 Å². The molecule has 0 radical (unpaired) electrons. The molecule has 0 bridgehead atoms. The first-order chi connectivity index (χ1) is 15.9. The second kappa shape index (κ2) is 7.03. The van der Waals surface area contributed by atoms with Gasteiger partial charge in [-0.05, 0) is 109 Å². The zero-order chi connectivity index (χ0) is 26.0. The van der Waals surface area contributed by atoms with Gasteiger partial charge in [0.2, 0.25) is 0 Å². The van der Waals surface area contributed by atoms with Gasteiger partial charge in [0.25, 0.3) is 0 Å². The minimum atomic E-state index is -0.749. The summed E-state index contributed by atoms with van der Waals surface area (Å²) in [6.45, 7) is 18.2. The molecule has 0 aromatic carbocycles. The van der Waals surface area contributed by atoms with Gasteiger partial charge in [0.15, 0.2) is 5.78 Å². The number of allylic oxidation sites excluding steroid dienone is 2. The number of carbonyl (C=O) groups excluding carboxylic acids is 1. The van der Waals surface area contributed by atoms with Gasteiger partial charge in [-0.2, -0.15) is 0 Å². The number of hydrogen-bond donors (Lipinski definition) is 2. The molecule has 0 aromatic heterocycles. The summed E-state index contributed by atoms with van der Waals surface area (Å²) in [5.41, 5.74) is -0.355. The largest absolute Gasteiger partial charge is 0.481 e. The minimum Gasteiger partial charge on any atom is -0.481 e. The Balaban J connectivity index is 1.66. The molecular formula is C31H48O4. The van der Waals surface area contributed by atoms with Crippen LogP contribution in [0.1, 0.15) is 113 Å². The highest BCUT2D eigenvalue weighted by Crippen LogP contribution is 2.77. The Hall–Kier alpha value is -1.16. The molecule has 4 saturated carbocycles. The molecule has 0 spiro atoms. The third kappa shape index (κ3) is 2.84. The lowest BCUT2D eigenvalue weighted by Gasteiger charge is -2.72. The fraction of sp³-hybridized carbons (Fsp3) is 0.871. The van der Waals surface area contributed by atoms with Crippen molar-refractivity contribution >= 4 is 11.8 Å². The number of rotatable bonds is 1. The van der Waals surface area contributed by atoms with Crippen LogP contribution in [0.25, 0.3) is 0 Å². The van der Waals surface area contributed by atoms with Crippen molar-refractivity contribution in [2.75, 3.05) is 0 Å². The third-order valence-electron chi connectivity index (χ3n) is 13.8. The van der Waals surface area contributed by atoms with E-state index in [2.05, 4.69) is 48.5 Å². The molecule has 5 aliphatic rings. The van der Waals surface area contributed by atoms with Gasteiger partial charge in [-0.3, -0.25) is 9.59 Å². The van der Waals surface area contributed by atoms with E-state index in [1.54, 1.807) is 0 Å². The summed E-state index contributed by atoms with van der Waals surface area (Å²) < 4.78 is 0. The quantitative estimate of drug-likeness (QED) is 0.429. The number of aliphatic hydroxyl groups is 1. The lowest BCUT2D eigenvalue weighted by Crippen LogP contribution is -2.68. The SMILES string of the molecule is CC1(C)C2CC[C@]3(C)[C@H](C(=O)C=C4C5(C)C[C@@](C)(C(=O)O)CC[C@]5(C)CC[C@]43C)[C@@]2(C)CC[C@@H]1O. The van der Waals surface area contributed by atoms with Crippen LogP contribution >= 0.6 is 0 Å². The average Bonchev–Trinajstić information content (AvgIpc) is 2.74. The standard InChI is InChI=1S/C31H48O4/c1-25(2)20-9-12-30(7)23(28(20,5)11-10-22(25)33)19(32)17-21-29(30,6)16-15-27(4)14-13-26(3,24(34)35)18-31(21,27)8/h17,20,22-23,33H,9-16,18H2,1-8H3,(H,34,35)/t20?,22-,23+,26-,27+,28-,29+,30+,31?/m0/s1. The lowest BCUT2D eigenvalue weighted by atomic mass is 9.31. The summed E-state index contributed by atoms with van der Waals surface area (Å²) in [5.74, 6) is -0.145. The van der Waals surface area contributed by atoms with Gasteiger partial charge in [-0.1, -0.05) is 54.0 Å². The Labute approximate surface area is 212 Å². The van der Waals surface area contributed by atoms with E-state index >= 15 is 0 Å². The first kappa shape index (κ1) is 25.5. The maximum Gasteiger partial charge on any atom is 0.309 e. The molecule has 5 rings (SSSR count). The molecule has 9 atom stereocenters. The second-order valence-electron chi connectivity index (χ2n) is 15.6. The van der Waals surface area contributed by atoms with Crippen LogP contribution in [0.4, 0.5) is 0 Å². The molecule has 0 saturated heterocycles. The Morgan fingerprint density at radius 1 is 0.857 bits per heavy atom. The van der Waals surface area contributed by atoms with Crippen molar-refractivity contribution < 1.29 is 19.8 Å². The molecule has 0 heterocycles.